The Kier molecular flexibility index (Phi) is 5.56. The number of unbranched alkanes of at least 4 members (excludes halogenated alkanes) is 1. The van der Waals surface area contributed by atoms with E-state index in [-0.39, 0.29) is 11.4 Å². The molecule has 1 aromatic rings. The Hall–Kier alpha value is -1.56. The Morgan fingerprint density at radius 2 is 2.00 bits per heavy atom. The van der Waals surface area contributed by atoms with Gasteiger partial charge in [-0.05, 0) is 22.8 Å². The standard InChI is InChI=1S/C14H23N3O2S/c1-5-6-7-16-13(19)17-12-10(11(15)18)9(8-20-12)14(2,3)4/h8H,5-7H2,1-4H3,(H2,15,18)(H2,16,17,19). The molecule has 0 spiro atoms. The lowest BCUT2D eigenvalue weighted by molar-refractivity contribution is 0.0999. The summed E-state index contributed by atoms with van der Waals surface area (Å²) in [7, 11) is 0. The maximum absolute atomic E-state index is 11.8. The molecular weight excluding hydrogens is 274 g/mol. The fraction of sp³-hybridized carbons (Fsp3) is 0.571. The van der Waals surface area contributed by atoms with Gasteiger partial charge in [0.1, 0.15) is 5.00 Å². The Balaban J connectivity index is 2.88. The summed E-state index contributed by atoms with van der Waals surface area (Å²) < 4.78 is 0. The van der Waals surface area contributed by atoms with E-state index >= 15 is 0 Å². The third kappa shape index (κ3) is 4.23. The highest BCUT2D eigenvalue weighted by Crippen LogP contribution is 2.35. The van der Waals surface area contributed by atoms with Gasteiger partial charge in [-0.3, -0.25) is 10.1 Å². The van der Waals surface area contributed by atoms with E-state index in [1.807, 2.05) is 26.2 Å². The van der Waals surface area contributed by atoms with E-state index in [0.29, 0.717) is 17.1 Å². The van der Waals surface area contributed by atoms with Crippen molar-refractivity contribution in [1.82, 2.24) is 5.32 Å². The third-order valence-electron chi connectivity index (χ3n) is 2.89. The summed E-state index contributed by atoms with van der Waals surface area (Å²) >= 11 is 1.33. The number of nitrogens with one attached hydrogen (secondary N) is 2. The molecule has 0 radical (unpaired) electrons. The molecule has 0 aromatic carbocycles. The van der Waals surface area contributed by atoms with Crippen LogP contribution in [0.1, 0.15) is 56.5 Å². The van der Waals surface area contributed by atoms with E-state index in [0.717, 1.165) is 18.4 Å². The van der Waals surface area contributed by atoms with Gasteiger partial charge >= 0.3 is 6.03 Å². The number of hydrogen-bond acceptors (Lipinski definition) is 3. The van der Waals surface area contributed by atoms with Gasteiger partial charge in [0.2, 0.25) is 0 Å². The van der Waals surface area contributed by atoms with E-state index in [2.05, 4.69) is 17.6 Å². The van der Waals surface area contributed by atoms with Crippen LogP contribution in [-0.2, 0) is 5.41 Å². The summed E-state index contributed by atoms with van der Waals surface area (Å²) in [4.78, 5) is 23.4. The summed E-state index contributed by atoms with van der Waals surface area (Å²) in [6.07, 6.45) is 1.94. The molecule has 0 aliphatic carbocycles. The Labute approximate surface area is 123 Å². The summed E-state index contributed by atoms with van der Waals surface area (Å²) in [5, 5.41) is 7.85. The minimum Gasteiger partial charge on any atom is -0.365 e. The minimum absolute atomic E-state index is 0.195. The molecule has 0 aliphatic rings. The second-order valence-corrected chi connectivity index (χ2v) is 6.58. The number of amides is 3. The predicted molar refractivity (Wildman–Crippen MR) is 83.5 cm³/mol. The first kappa shape index (κ1) is 16.5. The third-order valence-corrected chi connectivity index (χ3v) is 3.78. The molecule has 1 heterocycles. The first-order chi connectivity index (χ1) is 9.27. The van der Waals surface area contributed by atoms with Crippen LogP contribution in [-0.4, -0.2) is 18.5 Å². The van der Waals surface area contributed by atoms with E-state index in [9.17, 15) is 9.59 Å². The van der Waals surface area contributed by atoms with Crippen LogP contribution in [0.15, 0.2) is 5.38 Å². The zero-order chi connectivity index (χ0) is 15.3. The quantitative estimate of drug-likeness (QED) is 0.730. The molecular formula is C14H23N3O2S. The van der Waals surface area contributed by atoms with E-state index in [1.165, 1.54) is 11.3 Å². The van der Waals surface area contributed by atoms with Crippen molar-refractivity contribution in [2.75, 3.05) is 11.9 Å². The highest BCUT2D eigenvalue weighted by molar-refractivity contribution is 7.15. The van der Waals surface area contributed by atoms with Crippen molar-refractivity contribution in [2.24, 2.45) is 5.73 Å². The summed E-state index contributed by atoms with van der Waals surface area (Å²) in [5.41, 5.74) is 6.53. The average molecular weight is 297 g/mol. The van der Waals surface area contributed by atoms with Gasteiger partial charge in [-0.1, -0.05) is 34.1 Å². The molecule has 0 fully saturated rings. The second kappa shape index (κ2) is 6.74. The van der Waals surface area contributed by atoms with Crippen molar-refractivity contribution >= 4 is 28.3 Å². The van der Waals surface area contributed by atoms with Gasteiger partial charge in [-0.2, -0.15) is 0 Å². The zero-order valence-corrected chi connectivity index (χ0v) is 13.3. The van der Waals surface area contributed by atoms with Crippen molar-refractivity contribution in [3.63, 3.8) is 0 Å². The number of urea groups is 1. The van der Waals surface area contributed by atoms with E-state index in [1.54, 1.807) is 0 Å². The van der Waals surface area contributed by atoms with Crippen LogP contribution in [0.5, 0.6) is 0 Å². The van der Waals surface area contributed by atoms with Crippen LogP contribution in [0.3, 0.4) is 0 Å². The number of anilines is 1. The SMILES string of the molecule is CCCCNC(=O)Nc1scc(C(C)(C)C)c1C(N)=O. The second-order valence-electron chi connectivity index (χ2n) is 5.70. The number of carbonyl (C=O) groups is 2. The molecule has 3 amide bonds. The molecule has 4 N–H and O–H groups in total. The van der Waals surface area contributed by atoms with E-state index < -0.39 is 5.91 Å². The monoisotopic (exact) mass is 297 g/mol. The van der Waals surface area contributed by atoms with E-state index in [4.69, 9.17) is 5.73 Å². The molecule has 0 saturated heterocycles. The fourth-order valence-corrected chi connectivity index (χ4v) is 2.96. The van der Waals surface area contributed by atoms with Crippen LogP contribution in [0, 0.1) is 0 Å². The number of nitrogens with two attached hydrogens (primary N) is 1. The van der Waals surface area contributed by atoms with Crippen molar-refractivity contribution in [3.8, 4) is 0 Å². The van der Waals surface area contributed by atoms with Crippen LogP contribution < -0.4 is 16.4 Å². The van der Waals surface area contributed by atoms with Crippen molar-refractivity contribution in [2.45, 2.75) is 46.0 Å². The van der Waals surface area contributed by atoms with Gasteiger partial charge in [0.15, 0.2) is 0 Å². The maximum atomic E-state index is 11.8. The van der Waals surface area contributed by atoms with Gasteiger partial charge in [0.25, 0.3) is 5.91 Å². The Morgan fingerprint density at radius 3 is 2.50 bits per heavy atom. The Bertz CT molecular complexity index is 489. The largest absolute Gasteiger partial charge is 0.365 e. The summed E-state index contributed by atoms with van der Waals surface area (Å²) in [6, 6.07) is -0.303. The van der Waals surface area contributed by atoms with Gasteiger partial charge in [-0.15, -0.1) is 11.3 Å². The molecule has 1 rings (SSSR count). The molecule has 1 aromatic heterocycles. The van der Waals surface area contributed by atoms with Gasteiger partial charge in [0, 0.05) is 6.54 Å². The lowest BCUT2D eigenvalue weighted by Gasteiger charge is -2.19. The first-order valence-corrected chi connectivity index (χ1v) is 7.62. The van der Waals surface area contributed by atoms with Crippen LogP contribution >= 0.6 is 11.3 Å². The highest BCUT2D eigenvalue weighted by Gasteiger charge is 2.26. The predicted octanol–water partition coefficient (Wildman–Crippen LogP) is 3.07. The smallest absolute Gasteiger partial charge is 0.319 e. The average Bonchev–Trinajstić information content (AvgIpc) is 2.72. The zero-order valence-electron chi connectivity index (χ0n) is 12.5. The van der Waals surface area contributed by atoms with Crippen LogP contribution in [0.25, 0.3) is 0 Å². The molecule has 0 bridgehead atoms. The van der Waals surface area contributed by atoms with Crippen molar-refractivity contribution < 1.29 is 9.59 Å². The van der Waals surface area contributed by atoms with Gasteiger partial charge in [-0.25, -0.2) is 4.79 Å². The number of hydrogen-bond donors (Lipinski definition) is 3. The molecule has 0 saturated carbocycles. The number of primary amides is 1. The fourth-order valence-electron chi connectivity index (χ4n) is 1.77. The lowest BCUT2D eigenvalue weighted by atomic mass is 9.86. The van der Waals surface area contributed by atoms with Crippen molar-refractivity contribution in [1.29, 1.82) is 0 Å². The summed E-state index contributed by atoms with van der Waals surface area (Å²) in [5.74, 6) is -0.514. The van der Waals surface area contributed by atoms with Gasteiger partial charge in [0.05, 0.1) is 5.56 Å². The highest BCUT2D eigenvalue weighted by atomic mass is 32.1. The summed E-state index contributed by atoms with van der Waals surface area (Å²) in [6.45, 7) is 8.69. The minimum atomic E-state index is -0.514. The molecule has 0 aliphatic heterocycles. The van der Waals surface area contributed by atoms with Crippen LogP contribution in [0.4, 0.5) is 9.80 Å². The van der Waals surface area contributed by atoms with Crippen molar-refractivity contribution in [3.05, 3.63) is 16.5 Å². The first-order valence-electron chi connectivity index (χ1n) is 6.74. The molecule has 0 atom stereocenters. The molecule has 5 nitrogen and oxygen atoms in total. The molecule has 112 valence electrons. The molecule has 0 unspecified atom stereocenters. The maximum Gasteiger partial charge on any atom is 0.319 e. The molecule has 20 heavy (non-hydrogen) atoms. The lowest BCUT2D eigenvalue weighted by Crippen LogP contribution is -2.30. The number of carbonyl (C=O) groups excluding carboxylic acids is 2. The number of rotatable bonds is 5. The number of thiophene rings is 1. The normalized spacial score (nSPS) is 11.2. The van der Waals surface area contributed by atoms with Gasteiger partial charge < -0.3 is 11.1 Å². The Morgan fingerprint density at radius 1 is 1.35 bits per heavy atom. The molecule has 6 heteroatoms. The van der Waals surface area contributed by atoms with Crippen LogP contribution in [0.2, 0.25) is 0 Å². The topological polar surface area (TPSA) is 84.2 Å².